The van der Waals surface area contributed by atoms with Crippen molar-refractivity contribution < 1.29 is 39.1 Å². The molecule has 1 aliphatic heterocycles. The Balaban J connectivity index is 1.33. The van der Waals surface area contributed by atoms with Crippen LogP contribution in [0.4, 0.5) is 0 Å². The van der Waals surface area contributed by atoms with Gasteiger partial charge in [0.2, 0.25) is 0 Å². The molecular formula is C36H41NO8. The van der Waals surface area contributed by atoms with E-state index in [1.54, 1.807) is 18.3 Å². The number of ether oxygens (including phenoxy) is 3. The van der Waals surface area contributed by atoms with Gasteiger partial charge in [0.05, 0.1) is 19.3 Å². The number of para-hydroxylation sites is 1. The van der Waals surface area contributed by atoms with Crippen molar-refractivity contribution in [3.63, 3.8) is 0 Å². The molecule has 4 rings (SSSR count). The summed E-state index contributed by atoms with van der Waals surface area (Å²) in [7, 11) is 0. The number of rotatable bonds is 17. The molecule has 9 heteroatoms. The highest BCUT2D eigenvalue weighted by molar-refractivity contribution is 5.79. The van der Waals surface area contributed by atoms with Crippen LogP contribution in [0.3, 0.4) is 0 Å². The molecular weight excluding hydrogens is 574 g/mol. The molecule has 3 aromatic rings. The summed E-state index contributed by atoms with van der Waals surface area (Å²) >= 11 is 0. The fourth-order valence-corrected chi connectivity index (χ4v) is 5.22. The largest absolute Gasteiger partial charge is 0.508 e. The maximum absolute atomic E-state index is 10.8. The van der Waals surface area contributed by atoms with Crippen LogP contribution in [0.2, 0.25) is 0 Å². The quantitative estimate of drug-likeness (QED) is 0.107. The Labute approximate surface area is 263 Å². The van der Waals surface area contributed by atoms with Crippen molar-refractivity contribution in [2.24, 2.45) is 5.92 Å². The molecule has 3 N–H and O–H groups in total. The van der Waals surface area contributed by atoms with Crippen molar-refractivity contribution in [3.05, 3.63) is 108 Å². The molecule has 2 aromatic carbocycles. The molecule has 0 bridgehead atoms. The van der Waals surface area contributed by atoms with Gasteiger partial charge in [-0.3, -0.25) is 14.6 Å². The van der Waals surface area contributed by atoms with Crippen LogP contribution in [0.25, 0.3) is 5.57 Å². The number of aromatic hydroxyl groups is 1. The van der Waals surface area contributed by atoms with Crippen molar-refractivity contribution in [2.75, 3.05) is 13.2 Å². The van der Waals surface area contributed by atoms with E-state index < -0.39 is 18.2 Å². The zero-order chi connectivity index (χ0) is 31.9. The third kappa shape index (κ3) is 10.9. The van der Waals surface area contributed by atoms with E-state index in [4.69, 9.17) is 24.4 Å². The van der Waals surface area contributed by atoms with Crippen LogP contribution in [0.15, 0.2) is 91.3 Å². The molecule has 238 valence electrons. The second kappa shape index (κ2) is 17.7. The topological polar surface area (TPSA) is 135 Å². The number of carboxylic acids is 2. The van der Waals surface area contributed by atoms with Crippen molar-refractivity contribution in [2.45, 2.75) is 63.8 Å². The normalized spacial score (nSPS) is 18.6. The van der Waals surface area contributed by atoms with Crippen LogP contribution < -0.4 is 4.74 Å². The Morgan fingerprint density at radius 1 is 0.911 bits per heavy atom. The van der Waals surface area contributed by atoms with E-state index in [0.717, 1.165) is 29.5 Å². The number of nitrogens with zero attached hydrogens (tertiary/aromatic N) is 1. The van der Waals surface area contributed by atoms with E-state index in [1.807, 2.05) is 66.9 Å². The fourth-order valence-electron chi connectivity index (χ4n) is 5.22. The molecule has 1 aliphatic rings. The predicted octanol–water partition coefficient (Wildman–Crippen LogP) is 7.17. The molecule has 0 amide bonds. The lowest BCUT2D eigenvalue weighted by Gasteiger charge is -2.36. The Kier molecular flexibility index (Phi) is 13.2. The summed E-state index contributed by atoms with van der Waals surface area (Å²) in [5.74, 6) is -0.766. The number of unbranched alkanes of at least 4 members (excludes halogenated alkanes) is 2. The predicted molar refractivity (Wildman–Crippen MR) is 170 cm³/mol. The van der Waals surface area contributed by atoms with E-state index in [1.165, 1.54) is 0 Å². The molecule has 45 heavy (non-hydrogen) atoms. The molecule has 0 spiro atoms. The Morgan fingerprint density at radius 2 is 1.71 bits per heavy atom. The third-order valence-corrected chi connectivity index (χ3v) is 7.55. The van der Waals surface area contributed by atoms with Crippen LogP contribution in [-0.4, -0.2) is 51.7 Å². The summed E-state index contributed by atoms with van der Waals surface area (Å²) in [6, 6.07) is 18.9. The molecule has 1 saturated heterocycles. The van der Waals surface area contributed by atoms with Crippen molar-refractivity contribution in [1.29, 1.82) is 0 Å². The first-order chi connectivity index (χ1) is 21.9. The molecule has 9 nitrogen and oxygen atoms in total. The van der Waals surface area contributed by atoms with E-state index in [2.05, 4.69) is 11.1 Å². The highest BCUT2D eigenvalue weighted by Crippen LogP contribution is 2.39. The number of carboxylic acid groups (broad SMARTS) is 2. The number of benzene rings is 2. The first-order valence-corrected chi connectivity index (χ1v) is 15.4. The summed E-state index contributed by atoms with van der Waals surface area (Å²) < 4.78 is 18.4. The number of phenols is 1. The lowest BCUT2D eigenvalue weighted by atomic mass is 9.91. The van der Waals surface area contributed by atoms with E-state index >= 15 is 0 Å². The number of hydrogen-bond donors (Lipinski definition) is 3. The van der Waals surface area contributed by atoms with Gasteiger partial charge in [0.15, 0.2) is 6.29 Å². The minimum atomic E-state index is -0.829. The van der Waals surface area contributed by atoms with Gasteiger partial charge in [-0.05, 0) is 67.5 Å². The van der Waals surface area contributed by atoms with Gasteiger partial charge in [0, 0.05) is 48.7 Å². The van der Waals surface area contributed by atoms with Crippen LogP contribution in [0.5, 0.6) is 11.5 Å². The van der Waals surface area contributed by atoms with Crippen LogP contribution in [0, 0.1) is 5.92 Å². The number of allylic oxidation sites excluding steroid dienone is 3. The molecule has 1 aromatic heterocycles. The number of aliphatic carboxylic acids is 2. The first kappa shape index (κ1) is 33.4. The zero-order valence-electron chi connectivity index (χ0n) is 25.3. The summed E-state index contributed by atoms with van der Waals surface area (Å²) in [6.45, 7) is 0.799. The van der Waals surface area contributed by atoms with Gasteiger partial charge in [0.25, 0.3) is 0 Å². The Bertz CT molecular complexity index is 1420. The number of phenolic OH excluding ortho intramolecular Hbond substituents is 1. The average Bonchev–Trinajstić information content (AvgIpc) is 3.04. The number of aromatic nitrogens is 1. The van der Waals surface area contributed by atoms with Gasteiger partial charge >= 0.3 is 11.9 Å². The second-order valence-corrected chi connectivity index (χ2v) is 10.9. The second-order valence-electron chi connectivity index (χ2n) is 10.9. The molecule has 0 aliphatic carbocycles. The molecule has 0 saturated carbocycles. The van der Waals surface area contributed by atoms with Crippen molar-refractivity contribution in [3.8, 4) is 11.5 Å². The molecule has 0 unspecified atom stereocenters. The van der Waals surface area contributed by atoms with Gasteiger partial charge in [-0.2, -0.15) is 0 Å². The van der Waals surface area contributed by atoms with Gasteiger partial charge in [-0.15, -0.1) is 0 Å². The summed E-state index contributed by atoms with van der Waals surface area (Å²) in [5.41, 5.74) is 3.74. The summed E-state index contributed by atoms with van der Waals surface area (Å²) in [4.78, 5) is 25.9. The maximum atomic E-state index is 10.8. The number of pyridine rings is 1. The lowest BCUT2D eigenvalue weighted by Crippen LogP contribution is -2.35. The Hall–Kier alpha value is -4.47. The van der Waals surface area contributed by atoms with E-state index in [-0.39, 0.29) is 30.6 Å². The minimum Gasteiger partial charge on any atom is -0.508 e. The smallest absolute Gasteiger partial charge is 0.303 e. The monoisotopic (exact) mass is 615 g/mol. The molecule has 3 atom stereocenters. The molecule has 1 fully saturated rings. The lowest BCUT2D eigenvalue weighted by molar-refractivity contribution is -0.242. The maximum Gasteiger partial charge on any atom is 0.303 e. The number of hydrogen-bond acceptors (Lipinski definition) is 7. The minimum absolute atomic E-state index is 0.0386. The van der Waals surface area contributed by atoms with Crippen LogP contribution in [-0.2, 0) is 19.1 Å². The highest BCUT2D eigenvalue weighted by Gasteiger charge is 2.33. The number of carbonyl (C=O) groups is 2. The van der Waals surface area contributed by atoms with Gasteiger partial charge < -0.3 is 29.5 Å². The standard InChI is InChI=1S/C36H41NO8/c38-32-14-8-7-13-31(32)36-28(10-3-1-5-15-33(39)40)25-44-35(45-36)21-23-43-29-19-17-26(18-20-29)30(27-11-9-22-37-24-27)12-4-2-6-16-34(41)42/h1,3,7-9,11-14,17-20,22,24,28,35-36,38H,2,4-6,10,15-16,21,23,25H2,(H,39,40)(H,41,42)/b3-1-,30-12+/t28-,35+,36+/m1/s1. The fraction of sp³-hybridized carbons (Fsp3) is 0.361. The Morgan fingerprint density at radius 3 is 2.44 bits per heavy atom. The highest BCUT2D eigenvalue weighted by atomic mass is 16.7. The van der Waals surface area contributed by atoms with E-state index in [0.29, 0.717) is 50.2 Å². The van der Waals surface area contributed by atoms with Crippen LogP contribution >= 0.6 is 0 Å². The summed E-state index contributed by atoms with van der Waals surface area (Å²) in [5, 5.41) is 28.3. The van der Waals surface area contributed by atoms with Gasteiger partial charge in [0.1, 0.15) is 11.5 Å². The van der Waals surface area contributed by atoms with E-state index in [9.17, 15) is 14.7 Å². The van der Waals surface area contributed by atoms with Crippen molar-refractivity contribution >= 4 is 17.5 Å². The zero-order valence-corrected chi connectivity index (χ0v) is 25.3. The van der Waals surface area contributed by atoms with Gasteiger partial charge in [-0.1, -0.05) is 54.6 Å². The molecule has 2 heterocycles. The average molecular weight is 616 g/mol. The van der Waals surface area contributed by atoms with Crippen molar-refractivity contribution in [1.82, 2.24) is 4.98 Å². The molecule has 0 radical (unpaired) electrons. The third-order valence-electron chi connectivity index (χ3n) is 7.55. The van der Waals surface area contributed by atoms with Gasteiger partial charge in [-0.25, -0.2) is 0 Å². The summed E-state index contributed by atoms with van der Waals surface area (Å²) in [6.07, 6.45) is 12.6. The SMILES string of the molecule is O=C(O)CC/C=C\C[C@@H]1CO[C@H](CCOc2ccc(/C(=C\CCCCC(=O)O)c3cccnc3)cc2)O[C@@H]1c1ccccc1O. The van der Waals surface area contributed by atoms with Crippen LogP contribution in [0.1, 0.15) is 74.2 Å². The first-order valence-electron chi connectivity index (χ1n) is 15.4.